The third kappa shape index (κ3) is 3.10. The van der Waals surface area contributed by atoms with Crippen LogP contribution in [0.1, 0.15) is 25.8 Å². The normalized spacial score (nSPS) is 23.6. The summed E-state index contributed by atoms with van der Waals surface area (Å²) >= 11 is 0. The molecule has 4 nitrogen and oxygen atoms in total. The molecule has 1 saturated heterocycles. The van der Waals surface area contributed by atoms with Crippen LogP contribution in [0.2, 0.25) is 0 Å². The first-order valence-electron chi connectivity index (χ1n) is 6.29. The topological polar surface area (TPSA) is 49.4 Å². The van der Waals surface area contributed by atoms with Crippen molar-refractivity contribution in [1.29, 1.82) is 0 Å². The van der Waals surface area contributed by atoms with Gasteiger partial charge in [0, 0.05) is 19.1 Å². The first-order chi connectivity index (χ1) is 8.49. The van der Waals surface area contributed by atoms with Gasteiger partial charge in [0.1, 0.15) is 0 Å². The van der Waals surface area contributed by atoms with Gasteiger partial charge in [0.25, 0.3) is 10.2 Å². The molecule has 100 valence electrons. The third-order valence-electron chi connectivity index (χ3n) is 3.14. The van der Waals surface area contributed by atoms with E-state index >= 15 is 0 Å². The van der Waals surface area contributed by atoms with Crippen molar-refractivity contribution in [3.8, 4) is 0 Å². The lowest BCUT2D eigenvalue weighted by Crippen LogP contribution is -2.35. The van der Waals surface area contributed by atoms with Crippen LogP contribution in [0, 0.1) is 5.92 Å². The molecule has 0 aromatic heterocycles. The molecule has 2 rings (SSSR count). The van der Waals surface area contributed by atoms with Gasteiger partial charge in [-0.3, -0.25) is 0 Å². The standard InChI is InChI=1S/C13H20N2O2S/c1-11(2)8-13-9-14-18(16,17)15(13)10-12-6-4-3-5-7-12/h3-7,11,13-14H,8-10H2,1-2H3. The second-order valence-electron chi connectivity index (χ2n) is 5.17. The van der Waals surface area contributed by atoms with Gasteiger partial charge >= 0.3 is 0 Å². The van der Waals surface area contributed by atoms with E-state index in [-0.39, 0.29) is 6.04 Å². The van der Waals surface area contributed by atoms with Crippen molar-refractivity contribution >= 4 is 10.2 Å². The molecule has 5 heteroatoms. The van der Waals surface area contributed by atoms with Gasteiger partial charge in [0.15, 0.2) is 0 Å². The van der Waals surface area contributed by atoms with E-state index in [4.69, 9.17) is 0 Å². The molecule has 0 aliphatic carbocycles. The number of nitrogens with one attached hydrogen (secondary N) is 1. The Bertz CT molecular complexity index is 485. The zero-order valence-corrected chi connectivity index (χ0v) is 11.7. The summed E-state index contributed by atoms with van der Waals surface area (Å²) in [6, 6.07) is 9.79. The van der Waals surface area contributed by atoms with E-state index < -0.39 is 10.2 Å². The summed E-state index contributed by atoms with van der Waals surface area (Å²) in [5.41, 5.74) is 1.03. The monoisotopic (exact) mass is 268 g/mol. The summed E-state index contributed by atoms with van der Waals surface area (Å²) in [7, 11) is -3.30. The number of hydrogen-bond donors (Lipinski definition) is 1. The van der Waals surface area contributed by atoms with Crippen molar-refractivity contribution in [3.05, 3.63) is 35.9 Å². The van der Waals surface area contributed by atoms with Gasteiger partial charge in [0.2, 0.25) is 0 Å². The minimum atomic E-state index is -3.30. The molecule has 0 radical (unpaired) electrons. The zero-order valence-electron chi connectivity index (χ0n) is 10.8. The largest absolute Gasteiger partial charge is 0.280 e. The molecule has 1 aliphatic heterocycles. The first-order valence-corrected chi connectivity index (χ1v) is 7.73. The molecule has 0 amide bonds. The SMILES string of the molecule is CC(C)CC1CNS(=O)(=O)N1Cc1ccccc1. The Morgan fingerprint density at radius 3 is 2.61 bits per heavy atom. The molecule has 1 aromatic rings. The Morgan fingerprint density at radius 2 is 2.00 bits per heavy atom. The lowest BCUT2D eigenvalue weighted by atomic mass is 10.0. The fourth-order valence-corrected chi connectivity index (χ4v) is 3.75. The highest BCUT2D eigenvalue weighted by molar-refractivity contribution is 7.87. The Balaban J connectivity index is 2.16. The maximum Gasteiger partial charge on any atom is 0.280 e. The predicted octanol–water partition coefficient (Wildman–Crippen LogP) is 1.75. The van der Waals surface area contributed by atoms with Crippen LogP contribution in [0.5, 0.6) is 0 Å². The van der Waals surface area contributed by atoms with Gasteiger partial charge in [-0.05, 0) is 17.9 Å². The molecular weight excluding hydrogens is 248 g/mol. The molecule has 1 aliphatic rings. The second-order valence-corrected chi connectivity index (χ2v) is 6.88. The maximum atomic E-state index is 12.0. The number of rotatable bonds is 4. The second kappa shape index (κ2) is 5.38. The van der Waals surface area contributed by atoms with Gasteiger partial charge in [-0.25, -0.2) is 4.72 Å². The predicted molar refractivity (Wildman–Crippen MR) is 72.2 cm³/mol. The zero-order chi connectivity index (χ0) is 13.2. The van der Waals surface area contributed by atoms with Crippen LogP contribution in [0.4, 0.5) is 0 Å². The fraction of sp³-hybridized carbons (Fsp3) is 0.538. The smallest absolute Gasteiger partial charge is 0.200 e. The van der Waals surface area contributed by atoms with Crippen LogP contribution >= 0.6 is 0 Å². The van der Waals surface area contributed by atoms with Crippen LogP contribution in [0.25, 0.3) is 0 Å². The molecule has 1 N–H and O–H groups in total. The molecule has 0 bridgehead atoms. The summed E-state index contributed by atoms with van der Waals surface area (Å²) in [5.74, 6) is 0.489. The lowest BCUT2D eigenvalue weighted by Gasteiger charge is -2.23. The van der Waals surface area contributed by atoms with Crippen molar-refractivity contribution in [2.45, 2.75) is 32.9 Å². The number of hydrogen-bond acceptors (Lipinski definition) is 2. The summed E-state index contributed by atoms with van der Waals surface area (Å²) in [6.45, 7) is 5.21. The Hall–Kier alpha value is -0.910. The molecule has 1 heterocycles. The molecule has 1 fully saturated rings. The van der Waals surface area contributed by atoms with Crippen molar-refractivity contribution in [1.82, 2.24) is 9.03 Å². The summed E-state index contributed by atoms with van der Waals surface area (Å²) in [5, 5.41) is 0. The van der Waals surface area contributed by atoms with Crippen molar-refractivity contribution < 1.29 is 8.42 Å². The van der Waals surface area contributed by atoms with Crippen LogP contribution in [0.15, 0.2) is 30.3 Å². The Morgan fingerprint density at radius 1 is 1.33 bits per heavy atom. The van der Waals surface area contributed by atoms with E-state index in [2.05, 4.69) is 18.6 Å². The molecule has 1 aromatic carbocycles. The molecule has 0 spiro atoms. The van der Waals surface area contributed by atoms with Crippen molar-refractivity contribution in [2.75, 3.05) is 6.54 Å². The quantitative estimate of drug-likeness (QED) is 0.904. The Kier molecular flexibility index (Phi) is 4.04. The van der Waals surface area contributed by atoms with E-state index in [0.29, 0.717) is 19.0 Å². The van der Waals surface area contributed by atoms with E-state index in [1.165, 1.54) is 0 Å². The molecule has 1 atom stereocenters. The summed E-state index contributed by atoms with van der Waals surface area (Å²) in [4.78, 5) is 0. The highest BCUT2D eigenvalue weighted by Gasteiger charge is 2.36. The van der Waals surface area contributed by atoms with Crippen molar-refractivity contribution in [3.63, 3.8) is 0 Å². The lowest BCUT2D eigenvalue weighted by molar-refractivity contribution is 0.305. The van der Waals surface area contributed by atoms with Gasteiger partial charge in [-0.1, -0.05) is 44.2 Å². The summed E-state index contributed by atoms with van der Waals surface area (Å²) in [6.07, 6.45) is 0.888. The Labute approximate surface area is 109 Å². The van der Waals surface area contributed by atoms with Crippen LogP contribution in [0.3, 0.4) is 0 Å². The number of benzene rings is 1. The van der Waals surface area contributed by atoms with E-state index in [1.807, 2.05) is 30.3 Å². The average Bonchev–Trinajstić information content (AvgIpc) is 2.57. The van der Waals surface area contributed by atoms with Crippen LogP contribution in [-0.2, 0) is 16.8 Å². The van der Waals surface area contributed by atoms with E-state index in [1.54, 1.807) is 4.31 Å². The van der Waals surface area contributed by atoms with E-state index in [9.17, 15) is 8.42 Å². The van der Waals surface area contributed by atoms with Gasteiger partial charge < -0.3 is 0 Å². The minimum Gasteiger partial charge on any atom is -0.200 e. The highest BCUT2D eigenvalue weighted by atomic mass is 32.2. The first kappa shape index (κ1) is 13.5. The number of nitrogens with zero attached hydrogens (tertiary/aromatic N) is 1. The average molecular weight is 268 g/mol. The molecule has 0 saturated carbocycles. The van der Waals surface area contributed by atoms with Crippen LogP contribution < -0.4 is 4.72 Å². The van der Waals surface area contributed by atoms with E-state index in [0.717, 1.165) is 12.0 Å². The maximum absolute atomic E-state index is 12.0. The summed E-state index contributed by atoms with van der Waals surface area (Å²) < 4.78 is 28.2. The molecular formula is C13H20N2O2S. The highest BCUT2D eigenvalue weighted by Crippen LogP contribution is 2.22. The molecule has 1 unspecified atom stereocenters. The van der Waals surface area contributed by atoms with Gasteiger partial charge in [-0.15, -0.1) is 0 Å². The third-order valence-corrected chi connectivity index (χ3v) is 4.72. The molecule has 18 heavy (non-hydrogen) atoms. The minimum absolute atomic E-state index is 0.0650. The van der Waals surface area contributed by atoms with Crippen molar-refractivity contribution in [2.24, 2.45) is 5.92 Å². The van der Waals surface area contributed by atoms with Gasteiger partial charge in [-0.2, -0.15) is 12.7 Å². The fourth-order valence-electron chi connectivity index (χ4n) is 2.30. The van der Waals surface area contributed by atoms with Crippen LogP contribution in [-0.4, -0.2) is 25.3 Å². The van der Waals surface area contributed by atoms with Gasteiger partial charge in [0.05, 0.1) is 0 Å².